The Bertz CT molecular complexity index is 721. The summed E-state index contributed by atoms with van der Waals surface area (Å²) in [6.07, 6.45) is 1.31. The highest BCUT2D eigenvalue weighted by Gasteiger charge is 2.31. The number of piperidine rings is 1. The van der Waals surface area contributed by atoms with Crippen LogP contribution in [0.15, 0.2) is 16.5 Å². The average molecular weight is 395 g/mol. The lowest BCUT2D eigenvalue weighted by Crippen LogP contribution is -2.48. The molecule has 1 fully saturated rings. The molecule has 1 unspecified atom stereocenters. The SMILES string of the molecule is CC(C)N(CC1CCCN(C(=O)c2ccc([N+](=O)[O-])o2)C1)C(=O)OC(C)(C)C. The second-order valence-electron chi connectivity index (χ2n) is 8.38. The van der Waals surface area contributed by atoms with E-state index in [4.69, 9.17) is 9.15 Å². The molecule has 0 aromatic carbocycles. The molecule has 0 saturated carbocycles. The number of carbonyl (C=O) groups is 2. The first-order valence-corrected chi connectivity index (χ1v) is 9.51. The molecule has 9 nitrogen and oxygen atoms in total. The van der Waals surface area contributed by atoms with E-state index in [9.17, 15) is 19.7 Å². The van der Waals surface area contributed by atoms with Gasteiger partial charge in [0, 0.05) is 25.7 Å². The van der Waals surface area contributed by atoms with Gasteiger partial charge in [0.15, 0.2) is 5.76 Å². The molecule has 0 radical (unpaired) electrons. The maximum Gasteiger partial charge on any atom is 0.433 e. The van der Waals surface area contributed by atoms with Gasteiger partial charge < -0.3 is 19.0 Å². The number of rotatable bonds is 5. The van der Waals surface area contributed by atoms with Crippen molar-refractivity contribution in [2.75, 3.05) is 19.6 Å². The van der Waals surface area contributed by atoms with Gasteiger partial charge in [-0.05, 0) is 59.4 Å². The fourth-order valence-electron chi connectivity index (χ4n) is 3.19. The molecule has 0 aliphatic carbocycles. The number of hydrogen-bond acceptors (Lipinski definition) is 6. The van der Waals surface area contributed by atoms with Crippen molar-refractivity contribution in [3.8, 4) is 0 Å². The third-order valence-electron chi connectivity index (χ3n) is 4.49. The Balaban J connectivity index is 2.03. The van der Waals surface area contributed by atoms with Crippen LogP contribution in [0.2, 0.25) is 0 Å². The van der Waals surface area contributed by atoms with Crippen LogP contribution in [-0.2, 0) is 4.74 Å². The summed E-state index contributed by atoms with van der Waals surface area (Å²) in [5.74, 6) is -0.767. The fourth-order valence-corrected chi connectivity index (χ4v) is 3.19. The monoisotopic (exact) mass is 395 g/mol. The van der Waals surface area contributed by atoms with E-state index in [1.54, 1.807) is 9.80 Å². The molecule has 1 aromatic rings. The summed E-state index contributed by atoms with van der Waals surface area (Å²) in [6, 6.07) is 2.47. The van der Waals surface area contributed by atoms with E-state index in [1.165, 1.54) is 12.1 Å². The molecule has 28 heavy (non-hydrogen) atoms. The smallest absolute Gasteiger partial charge is 0.433 e. The minimum absolute atomic E-state index is 0.0337. The van der Waals surface area contributed by atoms with Gasteiger partial charge in [-0.3, -0.25) is 14.9 Å². The maximum atomic E-state index is 12.6. The zero-order chi connectivity index (χ0) is 21.1. The van der Waals surface area contributed by atoms with Crippen LogP contribution >= 0.6 is 0 Å². The first-order chi connectivity index (χ1) is 13.0. The lowest BCUT2D eigenvalue weighted by molar-refractivity contribution is -0.402. The Kier molecular flexibility index (Phi) is 6.69. The zero-order valence-electron chi connectivity index (χ0n) is 17.1. The van der Waals surface area contributed by atoms with Gasteiger partial charge in [-0.2, -0.15) is 0 Å². The second kappa shape index (κ2) is 8.62. The molecule has 1 atom stereocenters. The van der Waals surface area contributed by atoms with E-state index in [2.05, 4.69) is 0 Å². The highest BCUT2D eigenvalue weighted by atomic mass is 16.6. The predicted molar refractivity (Wildman–Crippen MR) is 102 cm³/mol. The van der Waals surface area contributed by atoms with E-state index in [0.29, 0.717) is 19.6 Å². The number of amides is 2. The summed E-state index contributed by atoms with van der Waals surface area (Å²) in [7, 11) is 0. The Morgan fingerprint density at radius 1 is 1.39 bits per heavy atom. The summed E-state index contributed by atoms with van der Waals surface area (Å²) in [4.78, 5) is 38.5. The molecular formula is C19H29N3O6. The van der Waals surface area contributed by atoms with Crippen LogP contribution in [0.25, 0.3) is 0 Å². The van der Waals surface area contributed by atoms with Gasteiger partial charge >= 0.3 is 12.0 Å². The standard InChI is InChI=1S/C19H29N3O6/c1-13(2)21(18(24)28-19(3,4)5)12-14-7-6-10-20(11-14)17(23)15-8-9-16(27-15)22(25)26/h8-9,13-14H,6-7,10-12H2,1-5H3. The number of carbonyl (C=O) groups excluding carboxylic acids is 2. The lowest BCUT2D eigenvalue weighted by atomic mass is 9.96. The van der Waals surface area contributed by atoms with Gasteiger partial charge in [-0.15, -0.1) is 0 Å². The van der Waals surface area contributed by atoms with Gasteiger partial charge in [-0.1, -0.05) is 0 Å². The third-order valence-corrected chi connectivity index (χ3v) is 4.49. The number of ether oxygens (including phenoxy) is 1. The number of hydrogen-bond donors (Lipinski definition) is 0. The van der Waals surface area contributed by atoms with Crippen molar-refractivity contribution in [3.05, 3.63) is 28.0 Å². The normalized spacial score (nSPS) is 17.5. The van der Waals surface area contributed by atoms with Gasteiger partial charge in [0.2, 0.25) is 0 Å². The molecule has 1 aliphatic rings. The van der Waals surface area contributed by atoms with Crippen molar-refractivity contribution in [1.82, 2.24) is 9.80 Å². The number of nitrogens with zero attached hydrogens (tertiary/aromatic N) is 3. The summed E-state index contributed by atoms with van der Waals surface area (Å²) in [5.41, 5.74) is -0.577. The molecule has 2 rings (SSSR count). The molecule has 1 saturated heterocycles. The average Bonchev–Trinajstić information content (AvgIpc) is 3.07. The summed E-state index contributed by atoms with van der Waals surface area (Å²) >= 11 is 0. The quantitative estimate of drug-likeness (QED) is 0.556. The summed E-state index contributed by atoms with van der Waals surface area (Å²) < 4.78 is 10.5. The van der Waals surface area contributed by atoms with Gasteiger partial charge in [0.05, 0.1) is 6.07 Å². The summed E-state index contributed by atoms with van der Waals surface area (Å²) in [6.45, 7) is 10.8. The third kappa shape index (κ3) is 5.71. The van der Waals surface area contributed by atoms with Crippen LogP contribution in [0.1, 0.15) is 58.0 Å². The zero-order valence-corrected chi connectivity index (χ0v) is 17.1. The Hall–Kier alpha value is -2.58. The minimum atomic E-state index is -0.670. The van der Waals surface area contributed by atoms with Crippen LogP contribution in [0.4, 0.5) is 10.7 Å². The van der Waals surface area contributed by atoms with Crippen molar-refractivity contribution in [1.29, 1.82) is 0 Å². The van der Waals surface area contributed by atoms with Crippen molar-refractivity contribution in [2.24, 2.45) is 5.92 Å². The largest absolute Gasteiger partial charge is 0.444 e. The van der Waals surface area contributed by atoms with Crippen molar-refractivity contribution < 1.29 is 23.7 Å². The molecule has 156 valence electrons. The highest BCUT2D eigenvalue weighted by Crippen LogP contribution is 2.23. The van der Waals surface area contributed by atoms with Crippen LogP contribution in [0.5, 0.6) is 0 Å². The Morgan fingerprint density at radius 2 is 2.07 bits per heavy atom. The first kappa shape index (κ1) is 21.7. The molecule has 1 aliphatic heterocycles. The maximum absolute atomic E-state index is 12.6. The molecule has 0 bridgehead atoms. The second-order valence-corrected chi connectivity index (χ2v) is 8.38. The van der Waals surface area contributed by atoms with E-state index in [0.717, 1.165) is 12.8 Å². The van der Waals surface area contributed by atoms with E-state index in [-0.39, 0.29) is 29.7 Å². The van der Waals surface area contributed by atoms with Crippen LogP contribution in [0.3, 0.4) is 0 Å². The molecular weight excluding hydrogens is 366 g/mol. The molecule has 0 spiro atoms. The minimum Gasteiger partial charge on any atom is -0.444 e. The molecule has 0 N–H and O–H groups in total. The Morgan fingerprint density at radius 3 is 2.61 bits per heavy atom. The van der Waals surface area contributed by atoms with Crippen molar-refractivity contribution in [2.45, 2.75) is 59.1 Å². The lowest BCUT2D eigenvalue weighted by Gasteiger charge is -2.37. The molecule has 2 heterocycles. The molecule has 1 aromatic heterocycles. The van der Waals surface area contributed by atoms with E-state index in [1.807, 2.05) is 34.6 Å². The van der Waals surface area contributed by atoms with Gasteiger partial charge in [-0.25, -0.2) is 4.79 Å². The first-order valence-electron chi connectivity index (χ1n) is 9.51. The Labute approximate surface area is 164 Å². The topological polar surface area (TPSA) is 106 Å². The van der Waals surface area contributed by atoms with Gasteiger partial charge in [0.1, 0.15) is 10.5 Å². The fraction of sp³-hybridized carbons (Fsp3) is 0.684. The van der Waals surface area contributed by atoms with E-state index >= 15 is 0 Å². The van der Waals surface area contributed by atoms with Crippen LogP contribution < -0.4 is 0 Å². The van der Waals surface area contributed by atoms with Crippen LogP contribution in [-0.4, -0.2) is 58.0 Å². The number of likely N-dealkylation sites (tertiary alicyclic amines) is 1. The predicted octanol–water partition coefficient (Wildman–Crippen LogP) is 3.69. The summed E-state index contributed by atoms with van der Waals surface area (Å²) in [5, 5.41) is 10.8. The number of nitro groups is 1. The van der Waals surface area contributed by atoms with Gasteiger partial charge in [0.25, 0.3) is 5.91 Å². The van der Waals surface area contributed by atoms with Crippen molar-refractivity contribution >= 4 is 17.9 Å². The number of furan rings is 1. The van der Waals surface area contributed by atoms with E-state index < -0.39 is 16.4 Å². The molecule has 9 heteroatoms. The molecule has 2 amide bonds. The highest BCUT2D eigenvalue weighted by molar-refractivity contribution is 5.91. The van der Waals surface area contributed by atoms with Crippen LogP contribution in [0, 0.1) is 16.0 Å². The van der Waals surface area contributed by atoms with Crippen molar-refractivity contribution in [3.63, 3.8) is 0 Å².